The zero-order valence-electron chi connectivity index (χ0n) is 7.80. The van der Waals surface area contributed by atoms with E-state index in [0.29, 0.717) is 13.0 Å². The molecule has 2 nitrogen and oxygen atoms in total. The van der Waals surface area contributed by atoms with E-state index in [-0.39, 0.29) is 11.9 Å². The Morgan fingerprint density at radius 3 is 2.58 bits per heavy atom. The molecule has 0 bridgehead atoms. The van der Waals surface area contributed by atoms with Crippen LogP contribution in [0.1, 0.15) is 33.1 Å². The molecular formula is C10H16O2. The van der Waals surface area contributed by atoms with Crippen LogP contribution >= 0.6 is 0 Å². The van der Waals surface area contributed by atoms with Crippen molar-refractivity contribution >= 4 is 0 Å². The van der Waals surface area contributed by atoms with E-state index >= 15 is 0 Å². The van der Waals surface area contributed by atoms with E-state index in [2.05, 4.69) is 19.8 Å². The topological polar surface area (TPSA) is 18.5 Å². The van der Waals surface area contributed by atoms with Gasteiger partial charge >= 0.3 is 0 Å². The Labute approximate surface area is 74.2 Å². The SMILES string of the molecule is C#CC[C@H]1COC(CC)(CC)O1. The smallest absolute Gasteiger partial charge is 0.168 e. The van der Waals surface area contributed by atoms with Gasteiger partial charge in [-0.25, -0.2) is 0 Å². The Hall–Kier alpha value is -0.520. The van der Waals surface area contributed by atoms with Gasteiger partial charge in [-0.15, -0.1) is 12.3 Å². The van der Waals surface area contributed by atoms with Crippen molar-refractivity contribution in [3.05, 3.63) is 0 Å². The van der Waals surface area contributed by atoms with Crippen molar-refractivity contribution in [1.82, 2.24) is 0 Å². The van der Waals surface area contributed by atoms with E-state index in [1.165, 1.54) is 0 Å². The minimum Gasteiger partial charge on any atom is -0.347 e. The van der Waals surface area contributed by atoms with Gasteiger partial charge in [0.2, 0.25) is 0 Å². The lowest BCUT2D eigenvalue weighted by atomic mass is 10.1. The largest absolute Gasteiger partial charge is 0.347 e. The van der Waals surface area contributed by atoms with E-state index in [1.807, 2.05) is 0 Å². The van der Waals surface area contributed by atoms with Gasteiger partial charge in [-0.2, -0.15) is 0 Å². The summed E-state index contributed by atoms with van der Waals surface area (Å²) in [6.07, 6.45) is 7.74. The zero-order chi connectivity index (χ0) is 9.03. The van der Waals surface area contributed by atoms with Crippen LogP contribution in [0.3, 0.4) is 0 Å². The summed E-state index contributed by atoms with van der Waals surface area (Å²) < 4.78 is 11.3. The van der Waals surface area contributed by atoms with Gasteiger partial charge in [0, 0.05) is 6.42 Å². The lowest BCUT2D eigenvalue weighted by molar-refractivity contribution is -0.171. The molecule has 1 atom stereocenters. The van der Waals surface area contributed by atoms with Gasteiger partial charge in [0.25, 0.3) is 0 Å². The molecule has 2 heteroatoms. The molecule has 0 aromatic carbocycles. The van der Waals surface area contributed by atoms with E-state index < -0.39 is 0 Å². The Morgan fingerprint density at radius 2 is 2.17 bits per heavy atom. The first-order chi connectivity index (χ1) is 5.76. The van der Waals surface area contributed by atoms with Crippen LogP contribution < -0.4 is 0 Å². The number of hydrogen-bond donors (Lipinski definition) is 0. The summed E-state index contributed by atoms with van der Waals surface area (Å²) in [5.74, 6) is 2.24. The van der Waals surface area contributed by atoms with Crippen LogP contribution in [0.2, 0.25) is 0 Å². The highest BCUT2D eigenvalue weighted by Gasteiger charge is 2.37. The molecule has 0 aromatic rings. The molecule has 1 heterocycles. The molecule has 0 amide bonds. The fourth-order valence-electron chi connectivity index (χ4n) is 1.47. The Morgan fingerprint density at radius 1 is 1.50 bits per heavy atom. The molecule has 1 saturated heterocycles. The van der Waals surface area contributed by atoms with Gasteiger partial charge in [-0.3, -0.25) is 0 Å². The van der Waals surface area contributed by atoms with Crippen molar-refractivity contribution in [3.63, 3.8) is 0 Å². The molecule has 0 unspecified atom stereocenters. The van der Waals surface area contributed by atoms with Crippen molar-refractivity contribution in [2.24, 2.45) is 0 Å². The quantitative estimate of drug-likeness (QED) is 0.599. The van der Waals surface area contributed by atoms with E-state index in [4.69, 9.17) is 15.9 Å². The standard InChI is InChI=1S/C10H16O2/c1-4-7-9-8-11-10(5-2,6-3)12-9/h1,9H,5-8H2,2-3H3/t9-/m0/s1. The van der Waals surface area contributed by atoms with Gasteiger partial charge in [0.1, 0.15) is 0 Å². The lowest BCUT2D eigenvalue weighted by Gasteiger charge is -2.24. The molecule has 0 radical (unpaired) electrons. The predicted octanol–water partition coefficient (Wildman–Crippen LogP) is 1.94. The maximum atomic E-state index is 5.72. The first-order valence-electron chi connectivity index (χ1n) is 4.51. The van der Waals surface area contributed by atoms with Crippen LogP contribution in [0.5, 0.6) is 0 Å². The van der Waals surface area contributed by atoms with Gasteiger partial charge in [-0.05, 0) is 12.8 Å². The lowest BCUT2D eigenvalue weighted by Crippen LogP contribution is -2.28. The fraction of sp³-hybridized carbons (Fsp3) is 0.800. The van der Waals surface area contributed by atoms with Crippen molar-refractivity contribution in [2.45, 2.75) is 45.0 Å². The number of terminal acetylenes is 1. The average Bonchev–Trinajstić information content (AvgIpc) is 2.50. The number of ether oxygens (including phenoxy) is 2. The Bertz CT molecular complexity index is 177. The highest BCUT2D eigenvalue weighted by molar-refractivity contribution is 4.90. The van der Waals surface area contributed by atoms with Crippen molar-refractivity contribution in [3.8, 4) is 12.3 Å². The maximum absolute atomic E-state index is 5.72. The van der Waals surface area contributed by atoms with E-state index in [0.717, 1.165) is 12.8 Å². The third-order valence-corrected chi connectivity index (χ3v) is 2.34. The van der Waals surface area contributed by atoms with Crippen LogP contribution in [0.15, 0.2) is 0 Å². The molecule has 0 aliphatic carbocycles. The van der Waals surface area contributed by atoms with Crippen LogP contribution in [0.4, 0.5) is 0 Å². The average molecular weight is 168 g/mol. The number of rotatable bonds is 3. The second-order valence-electron chi connectivity index (χ2n) is 3.08. The maximum Gasteiger partial charge on any atom is 0.168 e. The molecule has 1 fully saturated rings. The summed E-state index contributed by atoms with van der Waals surface area (Å²) >= 11 is 0. The summed E-state index contributed by atoms with van der Waals surface area (Å²) in [5, 5.41) is 0. The molecule has 1 aliphatic heterocycles. The highest BCUT2D eigenvalue weighted by atomic mass is 16.7. The second-order valence-corrected chi connectivity index (χ2v) is 3.08. The van der Waals surface area contributed by atoms with Crippen LogP contribution in [-0.4, -0.2) is 18.5 Å². The third-order valence-electron chi connectivity index (χ3n) is 2.34. The van der Waals surface area contributed by atoms with Crippen LogP contribution in [-0.2, 0) is 9.47 Å². The second kappa shape index (κ2) is 3.93. The Kier molecular flexibility index (Phi) is 3.13. The highest BCUT2D eigenvalue weighted by Crippen LogP contribution is 2.30. The molecule has 0 N–H and O–H groups in total. The molecule has 0 saturated carbocycles. The fourth-order valence-corrected chi connectivity index (χ4v) is 1.47. The van der Waals surface area contributed by atoms with Gasteiger partial charge in [0.15, 0.2) is 5.79 Å². The molecule has 1 rings (SSSR count). The molecule has 0 spiro atoms. The van der Waals surface area contributed by atoms with Crippen molar-refractivity contribution < 1.29 is 9.47 Å². The van der Waals surface area contributed by atoms with Gasteiger partial charge in [-0.1, -0.05) is 13.8 Å². The van der Waals surface area contributed by atoms with E-state index in [1.54, 1.807) is 0 Å². The molecular weight excluding hydrogens is 152 g/mol. The summed E-state index contributed by atoms with van der Waals surface area (Å²) in [4.78, 5) is 0. The van der Waals surface area contributed by atoms with Crippen molar-refractivity contribution in [1.29, 1.82) is 0 Å². The van der Waals surface area contributed by atoms with Crippen LogP contribution in [0.25, 0.3) is 0 Å². The first-order valence-corrected chi connectivity index (χ1v) is 4.51. The Balaban J connectivity index is 2.48. The minimum absolute atomic E-state index is 0.106. The number of hydrogen-bond acceptors (Lipinski definition) is 2. The van der Waals surface area contributed by atoms with Gasteiger partial charge in [0.05, 0.1) is 12.7 Å². The van der Waals surface area contributed by atoms with Gasteiger partial charge < -0.3 is 9.47 Å². The van der Waals surface area contributed by atoms with Crippen molar-refractivity contribution in [2.75, 3.05) is 6.61 Å². The first kappa shape index (κ1) is 9.57. The molecule has 68 valence electrons. The molecule has 1 aliphatic rings. The minimum atomic E-state index is -0.346. The van der Waals surface area contributed by atoms with Crippen LogP contribution in [0, 0.1) is 12.3 Å². The summed E-state index contributed by atoms with van der Waals surface area (Å²) in [7, 11) is 0. The monoisotopic (exact) mass is 168 g/mol. The van der Waals surface area contributed by atoms with E-state index in [9.17, 15) is 0 Å². The summed E-state index contributed by atoms with van der Waals surface area (Å²) in [6.45, 7) is 4.79. The molecule has 0 aromatic heterocycles. The summed E-state index contributed by atoms with van der Waals surface area (Å²) in [6, 6.07) is 0. The predicted molar refractivity (Wildman–Crippen MR) is 47.6 cm³/mol. The summed E-state index contributed by atoms with van der Waals surface area (Å²) in [5.41, 5.74) is 0. The molecule has 12 heavy (non-hydrogen) atoms. The third kappa shape index (κ3) is 1.80. The normalized spacial score (nSPS) is 26.9. The zero-order valence-corrected chi connectivity index (χ0v) is 7.80.